The van der Waals surface area contributed by atoms with Crippen molar-refractivity contribution in [3.63, 3.8) is 0 Å². The molecular weight excluding hydrogens is 483 g/mol. The molecule has 0 radical (unpaired) electrons. The molecule has 202 valence electrons. The summed E-state index contributed by atoms with van der Waals surface area (Å²) in [5.41, 5.74) is -1.47. The lowest BCUT2D eigenvalue weighted by Crippen LogP contribution is -2.63. The predicted molar refractivity (Wildman–Crippen MR) is 122 cm³/mol. The fraction of sp³-hybridized carbons (Fsp3) is 0.783. The zero-order valence-corrected chi connectivity index (χ0v) is 20.5. The molecule has 1 aromatic rings. The number of aliphatic hydroxyl groups excluding tert-OH is 2. The Hall–Kier alpha value is -2.22. The van der Waals surface area contributed by atoms with E-state index in [-0.39, 0.29) is 29.9 Å². The molecule has 10 nitrogen and oxygen atoms in total. The predicted octanol–water partition coefficient (Wildman–Crippen LogP) is 1.82. The number of halogens is 3. The fourth-order valence-electron chi connectivity index (χ4n) is 5.26. The summed E-state index contributed by atoms with van der Waals surface area (Å²) >= 11 is 0. The zero-order chi connectivity index (χ0) is 26.3. The van der Waals surface area contributed by atoms with Gasteiger partial charge >= 0.3 is 12.3 Å². The van der Waals surface area contributed by atoms with Gasteiger partial charge in [0.05, 0.1) is 31.1 Å². The monoisotopic (exact) mass is 517 g/mol. The molecule has 2 aliphatic carbocycles. The van der Waals surface area contributed by atoms with E-state index in [0.717, 1.165) is 31.9 Å². The van der Waals surface area contributed by atoms with Crippen LogP contribution in [0, 0.1) is 5.41 Å². The lowest BCUT2D eigenvalue weighted by molar-refractivity contribution is -0.142. The summed E-state index contributed by atoms with van der Waals surface area (Å²) in [5.74, 6) is -0.166. The van der Waals surface area contributed by atoms with Gasteiger partial charge in [0.2, 0.25) is 0 Å². The van der Waals surface area contributed by atoms with Crippen LogP contribution in [0.3, 0.4) is 0 Å². The fourth-order valence-corrected chi connectivity index (χ4v) is 5.26. The summed E-state index contributed by atoms with van der Waals surface area (Å²) in [6, 6.07) is -0.479. The van der Waals surface area contributed by atoms with Crippen molar-refractivity contribution in [2.24, 2.45) is 5.41 Å². The van der Waals surface area contributed by atoms with Crippen LogP contribution in [0.1, 0.15) is 52.1 Å². The van der Waals surface area contributed by atoms with Crippen LogP contribution >= 0.6 is 0 Å². The van der Waals surface area contributed by atoms with Crippen molar-refractivity contribution in [2.45, 2.75) is 94.7 Å². The molecule has 3 fully saturated rings. The van der Waals surface area contributed by atoms with E-state index in [4.69, 9.17) is 9.47 Å². The minimum absolute atomic E-state index is 0.0187. The van der Waals surface area contributed by atoms with E-state index in [0.29, 0.717) is 12.7 Å². The van der Waals surface area contributed by atoms with Crippen LogP contribution < -0.4 is 16.0 Å². The molecular formula is C23H34F3N5O5. The number of nitrogens with one attached hydrogen (secondary N) is 3. The van der Waals surface area contributed by atoms with Gasteiger partial charge in [-0.3, -0.25) is 4.98 Å². The molecule has 3 aliphatic rings. The number of nitrogens with zero attached hydrogens (tertiary/aromatic N) is 2. The first-order valence-corrected chi connectivity index (χ1v) is 12.1. The van der Waals surface area contributed by atoms with Crippen LogP contribution in [0.4, 0.5) is 23.8 Å². The van der Waals surface area contributed by atoms with Crippen LogP contribution in [0.2, 0.25) is 0 Å². The van der Waals surface area contributed by atoms with E-state index >= 15 is 0 Å². The Labute approximate surface area is 207 Å². The number of amides is 1. The highest BCUT2D eigenvalue weighted by Crippen LogP contribution is 2.56. The molecule has 5 N–H and O–H groups in total. The molecule has 4 rings (SSSR count). The number of aliphatic hydroxyl groups is 2. The highest BCUT2D eigenvalue weighted by molar-refractivity contribution is 5.68. The standard InChI is InChI=1S/C23H34F3N5O5/c1-21(2,3)36-20(34)29-13-6-22(7-13)4-12(5-22)28-8-15-19(33)18(32)14(11-35-15)30-17-10-27-9-16(31-17)23(24,25)26/h9-10,12-15,18-19,28,32-33H,4-8,11H2,1-3H3,(H,29,34)(H,30,31)/t12?,13?,14-,15+,18+,19-,22?/m0/s1. The second-order valence-electron chi connectivity index (χ2n) is 11.2. The van der Waals surface area contributed by atoms with Gasteiger partial charge in [0.15, 0.2) is 5.69 Å². The van der Waals surface area contributed by atoms with E-state index in [1.807, 2.05) is 20.8 Å². The van der Waals surface area contributed by atoms with E-state index in [2.05, 4.69) is 25.9 Å². The Morgan fingerprint density at radius 3 is 2.44 bits per heavy atom. The van der Waals surface area contributed by atoms with Gasteiger partial charge in [-0.05, 0) is 51.9 Å². The quantitative estimate of drug-likeness (QED) is 0.383. The van der Waals surface area contributed by atoms with Gasteiger partial charge in [-0.25, -0.2) is 9.78 Å². The Morgan fingerprint density at radius 1 is 1.14 bits per heavy atom. The maximum Gasteiger partial charge on any atom is 0.434 e. The van der Waals surface area contributed by atoms with E-state index in [1.165, 1.54) is 0 Å². The van der Waals surface area contributed by atoms with Gasteiger partial charge in [-0.15, -0.1) is 0 Å². The van der Waals surface area contributed by atoms with Crippen LogP contribution in [-0.4, -0.2) is 81.5 Å². The molecule has 0 bridgehead atoms. The third-order valence-corrected chi connectivity index (χ3v) is 6.94. The van der Waals surface area contributed by atoms with Crippen LogP contribution in [0.5, 0.6) is 0 Å². The van der Waals surface area contributed by atoms with Crippen molar-refractivity contribution in [1.82, 2.24) is 20.6 Å². The number of hydrogen-bond donors (Lipinski definition) is 5. The Bertz CT molecular complexity index is 929. The molecule has 1 spiro atoms. The van der Waals surface area contributed by atoms with Crippen molar-refractivity contribution in [3.05, 3.63) is 18.1 Å². The number of carbonyl (C=O) groups is 1. The highest BCUT2D eigenvalue weighted by Gasteiger charge is 2.53. The average molecular weight is 518 g/mol. The van der Waals surface area contributed by atoms with Gasteiger partial charge in [0.25, 0.3) is 0 Å². The zero-order valence-electron chi connectivity index (χ0n) is 20.5. The molecule has 1 amide bonds. The van der Waals surface area contributed by atoms with Crippen molar-refractivity contribution in [1.29, 1.82) is 0 Å². The maximum atomic E-state index is 12.8. The number of aromatic nitrogens is 2. The van der Waals surface area contributed by atoms with Crippen molar-refractivity contribution in [2.75, 3.05) is 18.5 Å². The van der Waals surface area contributed by atoms with Crippen molar-refractivity contribution >= 4 is 11.9 Å². The van der Waals surface area contributed by atoms with E-state index < -0.39 is 47.9 Å². The summed E-state index contributed by atoms with van der Waals surface area (Å²) in [5, 5.41) is 29.9. The summed E-state index contributed by atoms with van der Waals surface area (Å²) in [4.78, 5) is 18.9. The summed E-state index contributed by atoms with van der Waals surface area (Å²) in [6.07, 6.45) is -2.77. The van der Waals surface area contributed by atoms with Gasteiger partial charge in [-0.1, -0.05) is 0 Å². The summed E-state index contributed by atoms with van der Waals surface area (Å²) in [7, 11) is 0. The first-order chi connectivity index (χ1) is 16.7. The minimum Gasteiger partial charge on any atom is -0.444 e. The minimum atomic E-state index is -4.64. The van der Waals surface area contributed by atoms with E-state index in [1.54, 1.807) is 0 Å². The van der Waals surface area contributed by atoms with Crippen LogP contribution in [0.25, 0.3) is 0 Å². The number of hydrogen-bond acceptors (Lipinski definition) is 9. The second-order valence-corrected chi connectivity index (χ2v) is 11.2. The lowest BCUT2D eigenvalue weighted by atomic mass is 9.52. The third-order valence-electron chi connectivity index (χ3n) is 6.94. The first-order valence-electron chi connectivity index (χ1n) is 12.1. The Kier molecular flexibility index (Phi) is 7.39. The maximum absolute atomic E-state index is 12.8. The summed E-state index contributed by atoms with van der Waals surface area (Å²) < 4.78 is 49.5. The number of alkyl halides is 3. The normalized spacial score (nSPS) is 34.4. The Balaban J connectivity index is 1.17. The lowest BCUT2D eigenvalue weighted by Gasteiger charge is -2.58. The van der Waals surface area contributed by atoms with Crippen LogP contribution in [-0.2, 0) is 15.7 Å². The topological polar surface area (TPSA) is 138 Å². The smallest absolute Gasteiger partial charge is 0.434 e. The molecule has 1 saturated heterocycles. The molecule has 2 saturated carbocycles. The molecule has 0 aromatic carbocycles. The average Bonchev–Trinajstić information content (AvgIpc) is 2.71. The van der Waals surface area contributed by atoms with Crippen molar-refractivity contribution < 1.29 is 37.7 Å². The number of alkyl carbamates (subject to hydrolysis) is 1. The molecule has 2 heterocycles. The number of rotatable bonds is 6. The SMILES string of the molecule is CC(C)(C)OC(=O)NC1CC2(CC(NC[C@H]3OC[C@H](Nc4cncc(C(F)(F)F)n4)[C@@H](O)[C@H]3O)C2)C1. The van der Waals surface area contributed by atoms with Gasteiger partial charge in [0.1, 0.15) is 23.6 Å². The van der Waals surface area contributed by atoms with Gasteiger partial charge in [0, 0.05) is 18.6 Å². The molecule has 36 heavy (non-hydrogen) atoms. The largest absolute Gasteiger partial charge is 0.444 e. The van der Waals surface area contributed by atoms with Crippen LogP contribution in [0.15, 0.2) is 12.4 Å². The number of carbonyl (C=O) groups excluding carboxylic acids is 1. The first kappa shape index (κ1) is 26.8. The molecule has 1 aromatic heterocycles. The molecule has 0 unspecified atom stereocenters. The van der Waals surface area contributed by atoms with Gasteiger partial charge < -0.3 is 35.6 Å². The number of ether oxygens (including phenoxy) is 2. The van der Waals surface area contributed by atoms with E-state index in [9.17, 15) is 28.2 Å². The second kappa shape index (κ2) is 9.92. The molecule has 13 heteroatoms. The highest BCUT2D eigenvalue weighted by atomic mass is 19.4. The summed E-state index contributed by atoms with van der Waals surface area (Å²) in [6.45, 7) is 5.78. The Morgan fingerprint density at radius 2 is 1.81 bits per heavy atom. The van der Waals surface area contributed by atoms with Crippen molar-refractivity contribution in [3.8, 4) is 0 Å². The van der Waals surface area contributed by atoms with Gasteiger partial charge in [-0.2, -0.15) is 13.2 Å². The third kappa shape index (κ3) is 6.36. The number of anilines is 1. The molecule has 4 atom stereocenters. The molecule has 1 aliphatic heterocycles.